The highest BCUT2D eigenvalue weighted by molar-refractivity contribution is 9.10. The summed E-state index contributed by atoms with van der Waals surface area (Å²) < 4.78 is 1.19. The molecule has 1 saturated carbocycles. The van der Waals surface area contributed by atoms with Crippen LogP contribution in [0.1, 0.15) is 42.5 Å². The van der Waals surface area contributed by atoms with Gasteiger partial charge in [-0.3, -0.25) is 9.69 Å². The monoisotopic (exact) mass is 456 g/mol. The summed E-state index contributed by atoms with van der Waals surface area (Å²) in [4.78, 5) is 17.9. The van der Waals surface area contributed by atoms with E-state index in [2.05, 4.69) is 33.3 Å². The molecule has 1 saturated heterocycles. The van der Waals surface area contributed by atoms with Gasteiger partial charge < -0.3 is 4.90 Å². The number of rotatable bonds is 5. The molecule has 3 rings (SSSR count). The topological polar surface area (TPSA) is 23.6 Å². The van der Waals surface area contributed by atoms with Crippen LogP contribution in [0.25, 0.3) is 0 Å². The average Bonchev–Trinajstić information content (AvgIpc) is 3.21. The van der Waals surface area contributed by atoms with Crippen molar-refractivity contribution < 1.29 is 4.79 Å². The molecule has 2 aliphatic rings. The molecule has 144 valence electrons. The zero-order valence-electron chi connectivity index (χ0n) is 15.9. The van der Waals surface area contributed by atoms with E-state index in [0.29, 0.717) is 6.04 Å². The van der Waals surface area contributed by atoms with Gasteiger partial charge in [0.15, 0.2) is 0 Å². The predicted molar refractivity (Wildman–Crippen MR) is 118 cm³/mol. The molecular formula is C20H29BrN2OS2. The first-order valence-corrected chi connectivity index (χ1v) is 12.6. The van der Waals surface area contributed by atoms with Crippen molar-refractivity contribution in [1.82, 2.24) is 9.80 Å². The van der Waals surface area contributed by atoms with Crippen LogP contribution in [-0.4, -0.2) is 64.5 Å². The summed E-state index contributed by atoms with van der Waals surface area (Å²) in [6, 6.07) is 8.45. The van der Waals surface area contributed by atoms with E-state index in [1.54, 1.807) is 0 Å². The molecule has 1 aromatic carbocycles. The lowest BCUT2D eigenvalue weighted by Gasteiger charge is -2.52. The third-order valence-electron chi connectivity index (χ3n) is 5.97. The van der Waals surface area contributed by atoms with E-state index in [0.717, 1.165) is 16.5 Å². The van der Waals surface area contributed by atoms with Crippen molar-refractivity contribution in [3.05, 3.63) is 34.3 Å². The second-order valence-electron chi connectivity index (χ2n) is 7.29. The number of likely N-dealkylation sites (N-methyl/N-ethyl adjacent to an activating group) is 1. The number of amides is 1. The Morgan fingerprint density at radius 1 is 1.15 bits per heavy atom. The molecule has 6 heteroatoms. The lowest BCUT2D eigenvalue weighted by molar-refractivity contribution is 0.0486. The van der Waals surface area contributed by atoms with Crippen molar-refractivity contribution in [2.45, 2.75) is 48.3 Å². The van der Waals surface area contributed by atoms with E-state index in [-0.39, 0.29) is 16.0 Å². The van der Waals surface area contributed by atoms with Crippen molar-refractivity contribution >= 4 is 45.4 Å². The van der Waals surface area contributed by atoms with Crippen molar-refractivity contribution in [3.63, 3.8) is 0 Å². The minimum atomic E-state index is 0.143. The van der Waals surface area contributed by atoms with Crippen LogP contribution < -0.4 is 0 Å². The zero-order valence-corrected chi connectivity index (χ0v) is 19.1. The fraction of sp³-hybridized carbons (Fsp3) is 0.650. The van der Waals surface area contributed by atoms with Gasteiger partial charge in [0.2, 0.25) is 0 Å². The number of carbonyl (C=O) groups is 1. The molecule has 0 spiro atoms. The maximum atomic E-state index is 13.2. The van der Waals surface area contributed by atoms with Crippen LogP contribution in [0, 0.1) is 0 Å². The lowest BCUT2D eigenvalue weighted by Crippen LogP contribution is -2.62. The van der Waals surface area contributed by atoms with Crippen molar-refractivity contribution in [2.75, 3.05) is 32.6 Å². The van der Waals surface area contributed by atoms with E-state index < -0.39 is 0 Å². The Morgan fingerprint density at radius 3 is 2.35 bits per heavy atom. The first-order valence-electron chi connectivity index (χ1n) is 9.39. The number of halogens is 1. The standard InChI is InChI=1S/C20H29BrN2OS2/c1-22(19(24)15-8-10-16(21)11-9-15)17-7-6-12-20(25-2,26-3)18(17)23-13-4-5-14-23/h8-11,17-18H,4-7,12-14H2,1-3H3. The van der Waals surface area contributed by atoms with Gasteiger partial charge in [-0.2, -0.15) is 0 Å². The van der Waals surface area contributed by atoms with Crippen LogP contribution in [0.2, 0.25) is 0 Å². The van der Waals surface area contributed by atoms with Crippen LogP contribution in [0.4, 0.5) is 0 Å². The summed E-state index contributed by atoms with van der Waals surface area (Å²) in [7, 11) is 2.01. The number of carbonyl (C=O) groups excluding carboxylic acids is 1. The second-order valence-corrected chi connectivity index (χ2v) is 10.7. The van der Waals surface area contributed by atoms with Gasteiger partial charge in [0, 0.05) is 23.1 Å². The van der Waals surface area contributed by atoms with Gasteiger partial charge in [-0.25, -0.2) is 0 Å². The predicted octanol–water partition coefficient (Wildman–Crippen LogP) is 4.96. The third kappa shape index (κ3) is 3.98. The Bertz CT molecular complexity index is 615. The first-order chi connectivity index (χ1) is 12.5. The first kappa shape index (κ1) is 20.6. The van der Waals surface area contributed by atoms with Gasteiger partial charge in [0.05, 0.1) is 10.1 Å². The summed E-state index contributed by atoms with van der Waals surface area (Å²) in [5.74, 6) is 0.143. The minimum absolute atomic E-state index is 0.143. The summed E-state index contributed by atoms with van der Waals surface area (Å²) >= 11 is 7.45. The minimum Gasteiger partial charge on any atom is -0.337 e. The van der Waals surface area contributed by atoms with E-state index in [9.17, 15) is 4.79 Å². The Hall–Kier alpha value is -0.170. The van der Waals surface area contributed by atoms with E-state index in [4.69, 9.17) is 0 Å². The Kier molecular flexibility index (Phi) is 7.03. The maximum Gasteiger partial charge on any atom is 0.253 e. The maximum absolute atomic E-state index is 13.2. The molecular weight excluding hydrogens is 428 g/mol. The summed E-state index contributed by atoms with van der Waals surface area (Å²) in [5, 5.41) is 0. The molecule has 1 heterocycles. The molecule has 2 fully saturated rings. The summed E-state index contributed by atoms with van der Waals surface area (Å²) in [6.07, 6.45) is 10.6. The fourth-order valence-corrected chi connectivity index (χ4v) is 7.30. The molecule has 2 unspecified atom stereocenters. The van der Waals surface area contributed by atoms with Crippen LogP contribution >= 0.6 is 39.5 Å². The average molecular weight is 458 g/mol. The largest absolute Gasteiger partial charge is 0.337 e. The Morgan fingerprint density at radius 2 is 1.77 bits per heavy atom. The Balaban J connectivity index is 1.89. The molecule has 1 aromatic rings. The van der Waals surface area contributed by atoms with Gasteiger partial charge >= 0.3 is 0 Å². The van der Waals surface area contributed by atoms with Crippen molar-refractivity contribution in [2.24, 2.45) is 0 Å². The zero-order chi connectivity index (χ0) is 18.7. The molecule has 26 heavy (non-hydrogen) atoms. The number of hydrogen-bond donors (Lipinski definition) is 0. The molecule has 2 atom stereocenters. The number of hydrogen-bond acceptors (Lipinski definition) is 4. The Labute approximate surface area is 174 Å². The second kappa shape index (κ2) is 8.89. The van der Waals surface area contributed by atoms with E-state index >= 15 is 0 Å². The number of nitrogens with zero attached hydrogens (tertiary/aromatic N) is 2. The van der Waals surface area contributed by atoms with Crippen LogP contribution in [-0.2, 0) is 0 Å². The van der Waals surface area contributed by atoms with Crippen LogP contribution in [0.3, 0.4) is 0 Å². The quantitative estimate of drug-likeness (QED) is 0.583. The number of likely N-dealkylation sites (tertiary alicyclic amines) is 1. The summed E-state index contributed by atoms with van der Waals surface area (Å²) in [5.41, 5.74) is 0.778. The van der Waals surface area contributed by atoms with Crippen LogP contribution in [0.15, 0.2) is 28.7 Å². The summed E-state index contributed by atoms with van der Waals surface area (Å²) in [6.45, 7) is 2.34. The third-order valence-corrected chi connectivity index (χ3v) is 9.78. The van der Waals surface area contributed by atoms with Gasteiger partial charge in [0.25, 0.3) is 5.91 Å². The van der Waals surface area contributed by atoms with Crippen molar-refractivity contribution in [3.8, 4) is 0 Å². The normalized spacial score (nSPS) is 26.0. The molecule has 0 aromatic heterocycles. The van der Waals surface area contributed by atoms with E-state index in [1.165, 1.54) is 38.8 Å². The lowest BCUT2D eigenvalue weighted by atomic mass is 9.86. The van der Waals surface area contributed by atoms with Crippen molar-refractivity contribution in [1.29, 1.82) is 0 Å². The molecule has 0 bridgehead atoms. The van der Waals surface area contributed by atoms with Gasteiger partial charge in [-0.05, 0) is 82.0 Å². The molecule has 1 amide bonds. The fourth-order valence-electron chi connectivity index (χ4n) is 4.58. The van der Waals surface area contributed by atoms with Gasteiger partial charge in [-0.15, -0.1) is 23.5 Å². The smallest absolute Gasteiger partial charge is 0.253 e. The highest BCUT2D eigenvalue weighted by Crippen LogP contribution is 2.50. The SMILES string of the molecule is CSC1(SC)CCCC(N(C)C(=O)c2ccc(Br)cc2)C1N1CCCC1. The molecule has 0 radical (unpaired) electrons. The number of benzene rings is 1. The molecule has 1 aliphatic carbocycles. The van der Waals surface area contributed by atoms with Gasteiger partial charge in [-0.1, -0.05) is 15.9 Å². The highest BCUT2D eigenvalue weighted by Gasteiger charge is 2.50. The molecule has 1 aliphatic heterocycles. The number of thioether (sulfide) groups is 2. The van der Waals surface area contributed by atoms with Crippen LogP contribution in [0.5, 0.6) is 0 Å². The molecule has 0 N–H and O–H groups in total. The van der Waals surface area contributed by atoms with Gasteiger partial charge in [0.1, 0.15) is 0 Å². The van der Waals surface area contributed by atoms with E-state index in [1.807, 2.05) is 59.7 Å². The molecule has 3 nitrogen and oxygen atoms in total. The highest BCUT2D eigenvalue weighted by atomic mass is 79.9.